The van der Waals surface area contributed by atoms with E-state index in [2.05, 4.69) is 12.1 Å². The molecule has 0 aromatic heterocycles. The quantitative estimate of drug-likeness (QED) is 0.615. The van der Waals surface area contributed by atoms with Crippen molar-refractivity contribution in [3.05, 3.63) is 35.9 Å². The first-order valence-electron chi connectivity index (χ1n) is 8.85. The molecule has 23 heavy (non-hydrogen) atoms. The molecule has 0 spiro atoms. The van der Waals surface area contributed by atoms with Crippen LogP contribution in [0.25, 0.3) is 0 Å². The fourth-order valence-electron chi connectivity index (χ4n) is 3.01. The summed E-state index contributed by atoms with van der Waals surface area (Å²) in [5.74, 6) is 0. The number of benzene rings is 1. The van der Waals surface area contributed by atoms with E-state index in [1.54, 1.807) is 0 Å². The Balaban J connectivity index is 1.42. The van der Waals surface area contributed by atoms with Gasteiger partial charge < -0.3 is 19.7 Å². The number of hydrogen-bond donors (Lipinski definition) is 2. The molecule has 1 saturated heterocycles. The van der Waals surface area contributed by atoms with Crippen LogP contribution < -0.4 is 0 Å². The van der Waals surface area contributed by atoms with Gasteiger partial charge in [-0.1, -0.05) is 49.6 Å². The zero-order chi connectivity index (χ0) is 16.3. The lowest BCUT2D eigenvalue weighted by Gasteiger charge is -2.18. The van der Waals surface area contributed by atoms with Crippen LogP contribution in [0.15, 0.2) is 30.3 Å². The van der Waals surface area contributed by atoms with Crippen LogP contribution >= 0.6 is 0 Å². The number of unbranched alkanes of at least 4 members (excludes halogenated alkanes) is 3. The van der Waals surface area contributed by atoms with Gasteiger partial charge in [0.25, 0.3) is 0 Å². The molecule has 4 nitrogen and oxygen atoms in total. The maximum absolute atomic E-state index is 10.1. The first-order valence-corrected chi connectivity index (χ1v) is 8.85. The third-order valence-electron chi connectivity index (χ3n) is 4.42. The predicted molar refractivity (Wildman–Crippen MR) is 90.2 cm³/mol. The highest BCUT2D eigenvalue weighted by molar-refractivity contribution is 5.13. The van der Waals surface area contributed by atoms with E-state index in [9.17, 15) is 5.11 Å². The van der Waals surface area contributed by atoms with Gasteiger partial charge >= 0.3 is 0 Å². The van der Waals surface area contributed by atoms with Gasteiger partial charge in [-0.25, -0.2) is 0 Å². The Labute approximate surface area is 139 Å². The Kier molecular flexibility index (Phi) is 8.61. The van der Waals surface area contributed by atoms with E-state index in [1.165, 1.54) is 5.56 Å². The van der Waals surface area contributed by atoms with E-state index in [0.717, 1.165) is 51.6 Å². The molecule has 2 N–H and O–H groups in total. The Morgan fingerprint density at radius 1 is 1.09 bits per heavy atom. The van der Waals surface area contributed by atoms with Gasteiger partial charge in [0.1, 0.15) is 0 Å². The molecule has 0 aliphatic carbocycles. The second kappa shape index (κ2) is 10.8. The largest absolute Gasteiger partial charge is 0.394 e. The van der Waals surface area contributed by atoms with Gasteiger partial charge in [0, 0.05) is 6.61 Å². The Morgan fingerprint density at radius 2 is 1.87 bits per heavy atom. The molecule has 0 bridgehead atoms. The van der Waals surface area contributed by atoms with Crippen LogP contribution in [0.3, 0.4) is 0 Å². The molecule has 0 unspecified atom stereocenters. The van der Waals surface area contributed by atoms with Gasteiger partial charge in [0.05, 0.1) is 31.5 Å². The zero-order valence-electron chi connectivity index (χ0n) is 13.9. The highest BCUT2D eigenvalue weighted by atomic mass is 16.5. The summed E-state index contributed by atoms with van der Waals surface area (Å²) in [6.07, 6.45) is 6.29. The summed E-state index contributed by atoms with van der Waals surface area (Å²) in [6, 6.07) is 10.2. The van der Waals surface area contributed by atoms with Crippen molar-refractivity contribution in [2.24, 2.45) is 0 Å². The fourth-order valence-corrected chi connectivity index (χ4v) is 3.01. The number of hydrogen-bond acceptors (Lipinski definition) is 4. The molecule has 0 radical (unpaired) electrons. The smallest absolute Gasteiger partial charge is 0.0839 e. The van der Waals surface area contributed by atoms with Crippen LogP contribution in [0.2, 0.25) is 0 Å². The van der Waals surface area contributed by atoms with Crippen molar-refractivity contribution in [2.45, 2.75) is 69.9 Å². The van der Waals surface area contributed by atoms with E-state index in [4.69, 9.17) is 14.6 Å². The standard InChI is InChI=1S/C19H30O4/c20-14-17-11-12-19(23-17)18(21)10-6-1-2-7-13-22-15-16-8-4-3-5-9-16/h3-5,8-9,17-21H,1-2,6-7,10-15H2/t17-,18-,19-/m1/s1. The van der Waals surface area contributed by atoms with Gasteiger partial charge in [0.2, 0.25) is 0 Å². The van der Waals surface area contributed by atoms with Crippen LogP contribution in [0.4, 0.5) is 0 Å². The summed E-state index contributed by atoms with van der Waals surface area (Å²) in [4.78, 5) is 0. The number of ether oxygens (including phenoxy) is 2. The minimum atomic E-state index is -0.388. The SMILES string of the molecule is OC[C@H]1CC[C@H]([C@H](O)CCCCCCOCc2ccccc2)O1. The molecular weight excluding hydrogens is 292 g/mol. The van der Waals surface area contributed by atoms with Gasteiger partial charge in [-0.05, 0) is 31.2 Å². The van der Waals surface area contributed by atoms with E-state index in [1.807, 2.05) is 18.2 Å². The average Bonchev–Trinajstić information content (AvgIpc) is 3.07. The van der Waals surface area contributed by atoms with Crippen molar-refractivity contribution >= 4 is 0 Å². The van der Waals surface area contributed by atoms with Gasteiger partial charge in [-0.15, -0.1) is 0 Å². The number of aliphatic hydroxyl groups is 2. The van der Waals surface area contributed by atoms with Crippen molar-refractivity contribution in [2.75, 3.05) is 13.2 Å². The van der Waals surface area contributed by atoms with Gasteiger partial charge in [-0.2, -0.15) is 0 Å². The maximum Gasteiger partial charge on any atom is 0.0839 e. The lowest BCUT2D eigenvalue weighted by molar-refractivity contribution is -0.0516. The second-order valence-corrected chi connectivity index (χ2v) is 6.36. The fraction of sp³-hybridized carbons (Fsp3) is 0.684. The van der Waals surface area contributed by atoms with Crippen molar-refractivity contribution in [3.8, 4) is 0 Å². The molecule has 1 fully saturated rings. The monoisotopic (exact) mass is 322 g/mol. The topological polar surface area (TPSA) is 58.9 Å². The molecular formula is C19H30O4. The van der Waals surface area contributed by atoms with Crippen LogP contribution in [-0.2, 0) is 16.1 Å². The Hall–Kier alpha value is -0.940. The van der Waals surface area contributed by atoms with Gasteiger partial charge in [0.15, 0.2) is 0 Å². The highest BCUT2D eigenvalue weighted by Gasteiger charge is 2.29. The van der Waals surface area contributed by atoms with Crippen LogP contribution in [0.5, 0.6) is 0 Å². The number of aliphatic hydroxyl groups excluding tert-OH is 2. The highest BCUT2D eigenvalue weighted by Crippen LogP contribution is 2.24. The molecule has 0 saturated carbocycles. The molecule has 4 heteroatoms. The summed E-state index contributed by atoms with van der Waals surface area (Å²) in [7, 11) is 0. The average molecular weight is 322 g/mol. The Bertz CT molecular complexity index is 409. The normalized spacial score (nSPS) is 22.3. The van der Waals surface area contributed by atoms with Gasteiger partial charge in [-0.3, -0.25) is 0 Å². The van der Waals surface area contributed by atoms with Crippen molar-refractivity contribution in [3.63, 3.8) is 0 Å². The van der Waals surface area contributed by atoms with Crippen LogP contribution in [-0.4, -0.2) is 41.7 Å². The summed E-state index contributed by atoms with van der Waals surface area (Å²) >= 11 is 0. The summed E-state index contributed by atoms with van der Waals surface area (Å²) in [5, 5.41) is 19.1. The minimum Gasteiger partial charge on any atom is -0.394 e. The molecule has 3 atom stereocenters. The van der Waals surface area contributed by atoms with E-state index < -0.39 is 0 Å². The summed E-state index contributed by atoms with van der Waals surface area (Å²) < 4.78 is 11.3. The molecule has 2 rings (SSSR count). The molecule has 0 amide bonds. The molecule has 1 heterocycles. The van der Waals surface area contributed by atoms with E-state index in [0.29, 0.717) is 6.61 Å². The predicted octanol–water partition coefficient (Wildman–Crippen LogP) is 3.05. The lowest BCUT2D eigenvalue weighted by atomic mass is 10.0. The first-order chi connectivity index (χ1) is 11.3. The Morgan fingerprint density at radius 3 is 2.61 bits per heavy atom. The van der Waals surface area contributed by atoms with Crippen molar-refractivity contribution in [1.82, 2.24) is 0 Å². The summed E-state index contributed by atoms with van der Waals surface area (Å²) in [5.41, 5.74) is 1.22. The maximum atomic E-state index is 10.1. The third kappa shape index (κ3) is 7.00. The summed E-state index contributed by atoms with van der Waals surface area (Å²) in [6.45, 7) is 1.54. The molecule has 1 aliphatic rings. The molecule has 1 aromatic rings. The first kappa shape index (κ1) is 18.4. The molecule has 1 aromatic carbocycles. The minimum absolute atomic E-state index is 0.0617. The lowest BCUT2D eigenvalue weighted by Crippen LogP contribution is -2.27. The zero-order valence-corrected chi connectivity index (χ0v) is 13.9. The van der Waals surface area contributed by atoms with E-state index in [-0.39, 0.29) is 24.9 Å². The van der Waals surface area contributed by atoms with Crippen molar-refractivity contribution in [1.29, 1.82) is 0 Å². The van der Waals surface area contributed by atoms with Crippen molar-refractivity contribution < 1.29 is 19.7 Å². The molecule has 1 aliphatic heterocycles. The molecule has 130 valence electrons. The second-order valence-electron chi connectivity index (χ2n) is 6.36. The van der Waals surface area contributed by atoms with E-state index >= 15 is 0 Å². The third-order valence-corrected chi connectivity index (χ3v) is 4.42. The number of rotatable bonds is 11. The van der Waals surface area contributed by atoms with Crippen LogP contribution in [0, 0.1) is 0 Å². The van der Waals surface area contributed by atoms with Crippen LogP contribution in [0.1, 0.15) is 50.5 Å².